The third-order valence-corrected chi connectivity index (χ3v) is 6.04. The zero-order valence-corrected chi connectivity index (χ0v) is 17.7. The van der Waals surface area contributed by atoms with E-state index in [0.29, 0.717) is 25.7 Å². The van der Waals surface area contributed by atoms with E-state index >= 15 is 0 Å². The quantitative estimate of drug-likeness (QED) is 0.626. The van der Waals surface area contributed by atoms with E-state index in [1.807, 2.05) is 0 Å². The van der Waals surface area contributed by atoms with Crippen LogP contribution in [-0.4, -0.2) is 44.4 Å². The van der Waals surface area contributed by atoms with Gasteiger partial charge in [-0.2, -0.15) is 13.2 Å². The summed E-state index contributed by atoms with van der Waals surface area (Å²) >= 11 is 0. The number of nitrogens with one attached hydrogen (secondary N) is 2. The van der Waals surface area contributed by atoms with Crippen molar-refractivity contribution in [2.24, 2.45) is 0 Å². The normalized spacial score (nSPS) is 26.8. The Morgan fingerprint density at radius 1 is 1.23 bits per heavy atom. The Hall–Kier alpha value is -2.13. The molecule has 1 aromatic carbocycles. The number of halogens is 4. The molecule has 2 aliphatic rings. The molecule has 9 heteroatoms. The summed E-state index contributed by atoms with van der Waals surface area (Å²) in [4.78, 5) is 12.8. The summed E-state index contributed by atoms with van der Waals surface area (Å²) in [6.45, 7) is 1.89. The van der Waals surface area contributed by atoms with Crippen LogP contribution < -0.4 is 10.6 Å². The lowest BCUT2D eigenvalue weighted by Gasteiger charge is -2.39. The molecule has 1 fully saturated rings. The number of benzene rings is 1. The lowest BCUT2D eigenvalue weighted by molar-refractivity contribution is -0.139. The van der Waals surface area contributed by atoms with Gasteiger partial charge < -0.3 is 20.1 Å². The van der Waals surface area contributed by atoms with Gasteiger partial charge in [0.25, 0.3) is 5.91 Å². The maximum absolute atomic E-state index is 13.3. The molecule has 1 unspecified atom stereocenters. The lowest BCUT2D eigenvalue weighted by atomic mass is 9.77. The number of amides is 1. The number of alkyl halides is 3. The Morgan fingerprint density at radius 2 is 1.87 bits per heavy atom. The Balaban J connectivity index is 1.65. The monoisotopic (exact) mass is 444 g/mol. The summed E-state index contributed by atoms with van der Waals surface area (Å²) in [6.07, 6.45) is -2.92. The summed E-state index contributed by atoms with van der Waals surface area (Å²) in [7, 11) is 1.62. The minimum Gasteiger partial charge on any atom is -0.496 e. The van der Waals surface area contributed by atoms with Crippen LogP contribution in [-0.2, 0) is 19.9 Å². The number of carbonyl (C=O) groups excluding carboxylic acids is 1. The molecular formula is C22H28F4N2O3. The van der Waals surface area contributed by atoms with E-state index in [4.69, 9.17) is 9.47 Å². The summed E-state index contributed by atoms with van der Waals surface area (Å²) in [5.74, 6) is -0.647. The molecule has 5 nitrogen and oxygen atoms in total. The Morgan fingerprint density at radius 3 is 2.42 bits per heavy atom. The Labute approximate surface area is 179 Å². The first-order chi connectivity index (χ1) is 14.7. The van der Waals surface area contributed by atoms with Gasteiger partial charge in [-0.05, 0) is 50.3 Å². The number of carbonyl (C=O) groups is 1. The van der Waals surface area contributed by atoms with E-state index in [-0.39, 0.29) is 36.3 Å². The minimum atomic E-state index is -4.36. The maximum atomic E-state index is 13.3. The van der Waals surface area contributed by atoms with Gasteiger partial charge in [0.2, 0.25) is 0 Å². The fourth-order valence-electron chi connectivity index (χ4n) is 4.41. The second kappa shape index (κ2) is 9.56. The number of hydrogen-bond donors (Lipinski definition) is 2. The first-order valence-corrected chi connectivity index (χ1v) is 10.5. The molecule has 1 amide bonds. The molecule has 1 atom stereocenters. The molecule has 2 N–H and O–H groups in total. The Bertz CT molecular complexity index is 800. The second-order valence-corrected chi connectivity index (χ2v) is 7.98. The van der Waals surface area contributed by atoms with Crippen molar-refractivity contribution in [1.82, 2.24) is 10.6 Å². The highest BCUT2D eigenvalue weighted by molar-refractivity contribution is 5.95. The highest BCUT2D eigenvalue weighted by Gasteiger charge is 2.41. The van der Waals surface area contributed by atoms with Crippen LogP contribution in [0, 0.1) is 5.82 Å². The molecule has 0 saturated heterocycles. The van der Waals surface area contributed by atoms with Gasteiger partial charge in [-0.1, -0.05) is 12.1 Å². The van der Waals surface area contributed by atoms with Gasteiger partial charge in [0, 0.05) is 19.7 Å². The third-order valence-electron chi connectivity index (χ3n) is 6.04. The van der Waals surface area contributed by atoms with Crippen LogP contribution in [0.1, 0.15) is 44.6 Å². The molecule has 1 aliphatic carbocycles. The average Bonchev–Trinajstić information content (AvgIpc) is 3.10. The summed E-state index contributed by atoms with van der Waals surface area (Å²) in [5, 5.41) is 5.68. The van der Waals surface area contributed by atoms with Gasteiger partial charge in [0.15, 0.2) is 0 Å². The molecule has 1 saturated carbocycles. The van der Waals surface area contributed by atoms with Crippen molar-refractivity contribution in [2.45, 2.75) is 62.9 Å². The van der Waals surface area contributed by atoms with Crippen LogP contribution in [0.4, 0.5) is 17.6 Å². The first kappa shape index (κ1) is 23.5. The van der Waals surface area contributed by atoms with Crippen molar-refractivity contribution >= 4 is 5.91 Å². The Kier molecular flexibility index (Phi) is 7.26. The summed E-state index contributed by atoms with van der Waals surface area (Å²) in [5.41, 5.74) is 0.563. The van der Waals surface area contributed by atoms with E-state index in [0.717, 1.165) is 5.56 Å². The van der Waals surface area contributed by atoms with E-state index in [9.17, 15) is 22.4 Å². The average molecular weight is 444 g/mol. The van der Waals surface area contributed by atoms with Gasteiger partial charge in [-0.15, -0.1) is 0 Å². The van der Waals surface area contributed by atoms with E-state index in [1.165, 1.54) is 12.1 Å². The maximum Gasteiger partial charge on any atom is 0.391 e. The van der Waals surface area contributed by atoms with Crippen molar-refractivity contribution in [3.63, 3.8) is 0 Å². The lowest BCUT2D eigenvalue weighted by Crippen LogP contribution is -2.43. The van der Waals surface area contributed by atoms with E-state index in [2.05, 4.69) is 10.6 Å². The molecule has 1 heterocycles. The summed E-state index contributed by atoms with van der Waals surface area (Å²) < 4.78 is 63.0. The highest BCUT2D eigenvalue weighted by Crippen LogP contribution is 2.40. The van der Waals surface area contributed by atoms with Crippen LogP contribution in [0.3, 0.4) is 0 Å². The van der Waals surface area contributed by atoms with Crippen molar-refractivity contribution < 1.29 is 31.8 Å². The number of ether oxygens (including phenoxy) is 2. The molecule has 0 radical (unpaired) electrons. The van der Waals surface area contributed by atoms with Gasteiger partial charge in [-0.3, -0.25) is 4.79 Å². The minimum absolute atomic E-state index is 0.0339. The van der Waals surface area contributed by atoms with E-state index < -0.39 is 30.1 Å². The van der Waals surface area contributed by atoms with Crippen molar-refractivity contribution in [3.8, 4) is 0 Å². The number of rotatable bonds is 7. The predicted octanol–water partition coefficient (Wildman–Crippen LogP) is 3.94. The highest BCUT2D eigenvalue weighted by atomic mass is 19.4. The second-order valence-electron chi connectivity index (χ2n) is 7.98. The molecule has 31 heavy (non-hydrogen) atoms. The zero-order valence-electron chi connectivity index (χ0n) is 17.7. The first-order valence-electron chi connectivity index (χ1n) is 10.5. The van der Waals surface area contributed by atoms with Gasteiger partial charge in [-0.25, -0.2) is 4.39 Å². The summed E-state index contributed by atoms with van der Waals surface area (Å²) in [6, 6.07) is 5.04. The van der Waals surface area contributed by atoms with Crippen molar-refractivity contribution in [3.05, 3.63) is 47.0 Å². The molecular weight excluding hydrogens is 416 g/mol. The van der Waals surface area contributed by atoms with Crippen LogP contribution in [0.15, 0.2) is 35.6 Å². The predicted molar refractivity (Wildman–Crippen MR) is 107 cm³/mol. The zero-order chi connectivity index (χ0) is 22.6. The third kappa shape index (κ3) is 5.57. The fourth-order valence-corrected chi connectivity index (χ4v) is 4.41. The topological polar surface area (TPSA) is 59.6 Å². The van der Waals surface area contributed by atoms with Crippen LogP contribution in [0.25, 0.3) is 0 Å². The smallest absolute Gasteiger partial charge is 0.391 e. The number of hydrogen-bond acceptors (Lipinski definition) is 4. The molecule has 0 bridgehead atoms. The fraction of sp³-hybridized carbons (Fsp3) is 0.591. The number of methoxy groups -OCH3 is 1. The van der Waals surface area contributed by atoms with E-state index in [1.54, 1.807) is 26.2 Å². The molecule has 0 aromatic heterocycles. The van der Waals surface area contributed by atoms with Crippen LogP contribution in [0.5, 0.6) is 0 Å². The van der Waals surface area contributed by atoms with Gasteiger partial charge in [0.1, 0.15) is 11.6 Å². The SMILES string of the molecule is CCOC1=C(C(=O)NC2CCC(OC)(c3ccc(F)cc3)CC2)CNC1CC(F)(F)F. The van der Waals surface area contributed by atoms with Gasteiger partial charge in [0.05, 0.1) is 30.2 Å². The van der Waals surface area contributed by atoms with Crippen LogP contribution >= 0.6 is 0 Å². The van der Waals surface area contributed by atoms with Gasteiger partial charge >= 0.3 is 6.18 Å². The molecule has 1 aliphatic heterocycles. The molecule has 3 rings (SSSR count). The largest absolute Gasteiger partial charge is 0.496 e. The molecule has 172 valence electrons. The van der Waals surface area contributed by atoms with Crippen molar-refractivity contribution in [1.29, 1.82) is 0 Å². The standard InChI is InChI=1S/C22H28F4N2O3/c1-3-31-19-17(13-27-18(19)12-22(24,25)26)20(29)28-16-8-10-21(30-2,11-9-16)14-4-6-15(23)7-5-14/h4-7,16,18,27H,3,8-13H2,1-2H3,(H,28,29). The van der Waals surface area contributed by atoms with Crippen molar-refractivity contribution in [2.75, 3.05) is 20.3 Å². The van der Waals surface area contributed by atoms with Crippen LogP contribution in [0.2, 0.25) is 0 Å². The molecule has 0 spiro atoms. The molecule has 1 aromatic rings.